The van der Waals surface area contributed by atoms with Gasteiger partial charge in [-0.25, -0.2) is 4.39 Å². The molecule has 0 spiro atoms. The molecular weight excluding hydrogens is 428 g/mol. The van der Waals surface area contributed by atoms with Gasteiger partial charge in [-0.1, -0.05) is 75.4 Å². The lowest BCUT2D eigenvalue weighted by Gasteiger charge is -2.35. The summed E-state index contributed by atoms with van der Waals surface area (Å²) in [6.45, 7) is 2.20. The van der Waals surface area contributed by atoms with Gasteiger partial charge in [0.05, 0.1) is 0 Å². The first-order valence-electron chi connectivity index (χ1n) is 11.9. The van der Waals surface area contributed by atoms with E-state index in [0.29, 0.717) is 11.3 Å². The summed E-state index contributed by atoms with van der Waals surface area (Å²) in [7, 11) is 0. The third kappa shape index (κ3) is 5.51. The smallest absolute Gasteiger partial charge is 0.406 e. The highest BCUT2D eigenvalue weighted by molar-refractivity contribution is 5.88. The number of ether oxygens (including phenoxy) is 1. The van der Waals surface area contributed by atoms with Gasteiger partial charge in [0.2, 0.25) is 0 Å². The Labute approximate surface area is 192 Å². The SMILES string of the molecule is CCCCCCC[C@@H]1CCc2c(ccc3c(F)cccc23)[C@H]1c1ccc(OC(F)(F)F)cc1. The molecule has 0 N–H and O–H groups in total. The van der Waals surface area contributed by atoms with E-state index in [1.165, 1.54) is 49.4 Å². The summed E-state index contributed by atoms with van der Waals surface area (Å²) in [5, 5.41) is 1.57. The Morgan fingerprint density at radius 2 is 1.64 bits per heavy atom. The minimum absolute atomic E-state index is 0.0764. The molecule has 0 aromatic heterocycles. The van der Waals surface area contributed by atoms with Crippen molar-refractivity contribution in [2.24, 2.45) is 5.92 Å². The number of unbranched alkanes of at least 4 members (excludes halogenated alkanes) is 4. The van der Waals surface area contributed by atoms with Gasteiger partial charge in [-0.3, -0.25) is 0 Å². The van der Waals surface area contributed by atoms with Crippen LogP contribution >= 0.6 is 0 Å². The molecule has 1 nitrogen and oxygen atoms in total. The van der Waals surface area contributed by atoms with Crippen LogP contribution in [-0.4, -0.2) is 6.36 Å². The van der Waals surface area contributed by atoms with E-state index in [1.54, 1.807) is 18.2 Å². The largest absolute Gasteiger partial charge is 0.573 e. The van der Waals surface area contributed by atoms with Crippen LogP contribution in [0, 0.1) is 11.7 Å². The molecule has 0 amide bonds. The van der Waals surface area contributed by atoms with E-state index in [9.17, 15) is 17.6 Å². The number of rotatable bonds is 8. The molecule has 0 radical (unpaired) electrons. The van der Waals surface area contributed by atoms with Crippen LogP contribution in [0.4, 0.5) is 17.6 Å². The topological polar surface area (TPSA) is 9.23 Å². The first-order chi connectivity index (χ1) is 15.9. The molecule has 1 aliphatic carbocycles. The predicted molar refractivity (Wildman–Crippen MR) is 124 cm³/mol. The Kier molecular flexibility index (Phi) is 7.26. The van der Waals surface area contributed by atoms with Crippen LogP contribution < -0.4 is 4.74 Å². The fourth-order valence-corrected chi connectivity index (χ4v) is 5.37. The molecule has 2 atom stereocenters. The molecule has 1 aliphatic rings. The Morgan fingerprint density at radius 1 is 0.879 bits per heavy atom. The van der Waals surface area contributed by atoms with Gasteiger partial charge in [0.25, 0.3) is 0 Å². The van der Waals surface area contributed by atoms with E-state index in [2.05, 4.69) is 11.7 Å². The van der Waals surface area contributed by atoms with Crippen LogP contribution in [0.5, 0.6) is 5.75 Å². The van der Waals surface area contributed by atoms with Crippen molar-refractivity contribution < 1.29 is 22.3 Å². The van der Waals surface area contributed by atoms with Crippen molar-refractivity contribution in [3.8, 4) is 5.75 Å². The molecule has 176 valence electrons. The number of fused-ring (bicyclic) bond motifs is 3. The zero-order chi connectivity index (χ0) is 23.4. The van der Waals surface area contributed by atoms with E-state index in [4.69, 9.17) is 0 Å². The third-order valence-electron chi connectivity index (χ3n) is 6.88. The van der Waals surface area contributed by atoms with Gasteiger partial charge in [0, 0.05) is 11.3 Å². The van der Waals surface area contributed by atoms with Crippen molar-refractivity contribution in [2.45, 2.75) is 70.6 Å². The number of halogens is 4. The summed E-state index contributed by atoms with van der Waals surface area (Å²) < 4.78 is 56.3. The van der Waals surface area contributed by atoms with Crippen LogP contribution in [0.2, 0.25) is 0 Å². The second-order valence-corrected chi connectivity index (χ2v) is 9.06. The number of hydrogen-bond acceptors (Lipinski definition) is 1. The van der Waals surface area contributed by atoms with E-state index in [-0.39, 0.29) is 17.5 Å². The lowest BCUT2D eigenvalue weighted by atomic mass is 9.69. The normalized spacial score (nSPS) is 18.3. The average Bonchev–Trinajstić information content (AvgIpc) is 2.78. The van der Waals surface area contributed by atoms with Gasteiger partial charge in [0.15, 0.2) is 0 Å². The van der Waals surface area contributed by atoms with Crippen molar-refractivity contribution in [1.82, 2.24) is 0 Å². The van der Waals surface area contributed by atoms with E-state index < -0.39 is 6.36 Å². The number of benzene rings is 3. The van der Waals surface area contributed by atoms with E-state index >= 15 is 0 Å². The molecule has 0 heterocycles. The maximum absolute atomic E-state index is 14.4. The molecule has 3 aromatic carbocycles. The van der Waals surface area contributed by atoms with Crippen molar-refractivity contribution in [2.75, 3.05) is 0 Å². The second kappa shape index (κ2) is 10.1. The summed E-state index contributed by atoms with van der Waals surface area (Å²) in [6, 6.07) is 15.4. The maximum atomic E-state index is 14.4. The second-order valence-electron chi connectivity index (χ2n) is 9.06. The van der Waals surface area contributed by atoms with Crippen molar-refractivity contribution in [3.63, 3.8) is 0 Å². The quantitative estimate of drug-likeness (QED) is 0.242. The molecule has 3 aromatic rings. The molecular formula is C28H30F4O. The lowest BCUT2D eigenvalue weighted by Crippen LogP contribution is -2.22. The monoisotopic (exact) mass is 458 g/mol. The first-order valence-corrected chi connectivity index (χ1v) is 11.9. The average molecular weight is 459 g/mol. The Bertz CT molecular complexity index is 1070. The molecule has 0 bridgehead atoms. The zero-order valence-corrected chi connectivity index (χ0v) is 18.9. The van der Waals surface area contributed by atoms with E-state index in [0.717, 1.165) is 42.2 Å². The van der Waals surface area contributed by atoms with Crippen LogP contribution in [0.15, 0.2) is 54.6 Å². The lowest BCUT2D eigenvalue weighted by molar-refractivity contribution is -0.274. The van der Waals surface area contributed by atoms with Gasteiger partial charge in [0.1, 0.15) is 11.6 Å². The molecule has 0 saturated heterocycles. The molecule has 0 fully saturated rings. The Balaban J connectivity index is 1.67. The summed E-state index contributed by atoms with van der Waals surface area (Å²) in [4.78, 5) is 0. The van der Waals surface area contributed by atoms with E-state index in [1.807, 2.05) is 18.2 Å². The van der Waals surface area contributed by atoms with Crippen LogP contribution in [0.1, 0.15) is 74.5 Å². The standard InChI is InChI=1S/C28H30F4O/c1-2-3-4-5-6-8-19-13-16-23-22-9-7-10-26(29)24(22)17-18-25(23)27(19)20-11-14-21(15-12-20)33-28(30,31)32/h7,9-12,14-15,17-19,27H,2-6,8,13,16H2,1H3/t19-,27-/m1/s1. The van der Waals surface area contributed by atoms with Crippen molar-refractivity contribution in [3.05, 3.63) is 77.1 Å². The van der Waals surface area contributed by atoms with Crippen molar-refractivity contribution in [1.29, 1.82) is 0 Å². The van der Waals surface area contributed by atoms with Gasteiger partial charge in [-0.2, -0.15) is 0 Å². The number of aryl methyl sites for hydroxylation is 1. The highest BCUT2D eigenvalue weighted by Gasteiger charge is 2.33. The van der Waals surface area contributed by atoms with Gasteiger partial charge in [-0.05, 0) is 65.5 Å². The van der Waals surface area contributed by atoms with Crippen LogP contribution in [0.25, 0.3) is 10.8 Å². The molecule has 33 heavy (non-hydrogen) atoms. The summed E-state index contributed by atoms with van der Waals surface area (Å²) in [5.41, 5.74) is 3.32. The summed E-state index contributed by atoms with van der Waals surface area (Å²) in [5.74, 6) is 0.0459. The fraction of sp³-hybridized carbons (Fsp3) is 0.429. The Morgan fingerprint density at radius 3 is 2.36 bits per heavy atom. The predicted octanol–water partition coefficient (Wildman–Crippen LogP) is 8.93. The molecule has 0 unspecified atom stereocenters. The van der Waals surface area contributed by atoms with Crippen LogP contribution in [0.3, 0.4) is 0 Å². The number of hydrogen-bond donors (Lipinski definition) is 0. The highest BCUT2D eigenvalue weighted by atomic mass is 19.4. The molecule has 5 heteroatoms. The first kappa shape index (κ1) is 23.6. The maximum Gasteiger partial charge on any atom is 0.573 e. The van der Waals surface area contributed by atoms with Crippen molar-refractivity contribution >= 4 is 10.8 Å². The zero-order valence-electron chi connectivity index (χ0n) is 18.9. The van der Waals surface area contributed by atoms with Crippen LogP contribution in [-0.2, 0) is 6.42 Å². The summed E-state index contributed by atoms with van der Waals surface area (Å²) in [6.07, 6.45) is 4.28. The molecule has 0 aliphatic heterocycles. The Hall–Kier alpha value is -2.56. The third-order valence-corrected chi connectivity index (χ3v) is 6.88. The molecule has 4 rings (SSSR count). The summed E-state index contributed by atoms with van der Waals surface area (Å²) >= 11 is 0. The molecule has 0 saturated carbocycles. The van der Waals surface area contributed by atoms with Gasteiger partial charge in [-0.15, -0.1) is 13.2 Å². The minimum Gasteiger partial charge on any atom is -0.406 e. The highest BCUT2D eigenvalue weighted by Crippen LogP contribution is 2.45. The van der Waals surface area contributed by atoms with Gasteiger partial charge < -0.3 is 4.74 Å². The number of alkyl halides is 3. The van der Waals surface area contributed by atoms with Gasteiger partial charge >= 0.3 is 6.36 Å². The fourth-order valence-electron chi connectivity index (χ4n) is 5.37. The minimum atomic E-state index is -4.71.